The van der Waals surface area contributed by atoms with Crippen LogP contribution in [-0.4, -0.2) is 107 Å². The first-order valence-electron chi connectivity index (χ1n) is 17.5. The third-order valence-corrected chi connectivity index (χ3v) is 9.38. The van der Waals surface area contributed by atoms with Crippen LogP contribution in [0.25, 0.3) is 0 Å². The molecule has 260 valence electrons. The number of aliphatic hydroxyl groups is 2. The summed E-state index contributed by atoms with van der Waals surface area (Å²) in [6.07, 6.45) is 5.52. The molecule has 4 N–H and O–H groups in total. The molecule has 4 amide bonds. The van der Waals surface area contributed by atoms with Crippen LogP contribution >= 0.6 is 0 Å². The van der Waals surface area contributed by atoms with Crippen molar-refractivity contribution in [2.75, 3.05) is 40.3 Å². The first-order valence-corrected chi connectivity index (χ1v) is 17.5. The number of hydrogen-bond acceptors (Lipinski definition) is 7. The molecule has 5 atom stereocenters. The van der Waals surface area contributed by atoms with Crippen LogP contribution in [0.1, 0.15) is 105 Å². The Labute approximate surface area is 271 Å². The van der Waals surface area contributed by atoms with Gasteiger partial charge in [-0.2, -0.15) is 0 Å². The molecule has 0 heterocycles. The minimum Gasteiger partial charge on any atom is -0.393 e. The van der Waals surface area contributed by atoms with Gasteiger partial charge in [-0.3, -0.25) is 24.6 Å². The number of nitrogens with one attached hydrogen (secondary N) is 2. The maximum Gasteiger partial charge on any atom is 0.234 e. The highest BCUT2D eigenvalue weighted by molar-refractivity contribution is 5.86. The van der Waals surface area contributed by atoms with Crippen molar-refractivity contribution >= 4 is 23.6 Å². The molecule has 5 unspecified atom stereocenters. The minimum atomic E-state index is -0.954. The second-order valence-electron chi connectivity index (χ2n) is 14.1. The molecule has 0 aromatic heterocycles. The number of hydrazine groups is 1. The molecule has 2 rings (SSSR count). The minimum absolute atomic E-state index is 0.0147. The zero-order valence-electron chi connectivity index (χ0n) is 29.1. The van der Waals surface area contributed by atoms with Gasteiger partial charge < -0.3 is 25.3 Å². The van der Waals surface area contributed by atoms with Gasteiger partial charge in [0.05, 0.1) is 18.2 Å². The summed E-state index contributed by atoms with van der Waals surface area (Å²) in [5.41, 5.74) is 2.89. The van der Waals surface area contributed by atoms with Crippen molar-refractivity contribution < 1.29 is 29.4 Å². The molecular formula is C34H63N5O6. The van der Waals surface area contributed by atoms with Gasteiger partial charge in [-0.25, -0.2) is 5.01 Å². The maximum absolute atomic E-state index is 14.0. The average molecular weight is 638 g/mol. The predicted molar refractivity (Wildman–Crippen MR) is 176 cm³/mol. The highest BCUT2D eigenvalue weighted by Crippen LogP contribution is 2.36. The lowest BCUT2D eigenvalue weighted by Gasteiger charge is -2.38. The molecule has 11 nitrogen and oxygen atoms in total. The molecule has 2 fully saturated rings. The molecule has 0 spiro atoms. The van der Waals surface area contributed by atoms with Gasteiger partial charge in [0.2, 0.25) is 23.6 Å². The lowest BCUT2D eigenvalue weighted by molar-refractivity contribution is -0.143. The maximum atomic E-state index is 14.0. The molecule has 0 bridgehead atoms. The summed E-state index contributed by atoms with van der Waals surface area (Å²) < 4.78 is 0. The Morgan fingerprint density at radius 1 is 0.844 bits per heavy atom. The van der Waals surface area contributed by atoms with E-state index >= 15 is 0 Å². The first-order chi connectivity index (χ1) is 21.3. The lowest BCUT2D eigenvalue weighted by Crippen LogP contribution is -2.54. The fourth-order valence-corrected chi connectivity index (χ4v) is 6.98. The summed E-state index contributed by atoms with van der Waals surface area (Å²) in [5.74, 6) is -1.37. The van der Waals surface area contributed by atoms with Gasteiger partial charge in [-0.05, 0) is 76.0 Å². The summed E-state index contributed by atoms with van der Waals surface area (Å²) in [6.45, 7) is 11.9. The van der Waals surface area contributed by atoms with Gasteiger partial charge >= 0.3 is 0 Å². The first kappa shape index (κ1) is 38.9. The van der Waals surface area contributed by atoms with Crippen molar-refractivity contribution in [3.05, 3.63) is 0 Å². The quantitative estimate of drug-likeness (QED) is 0.180. The molecule has 2 aliphatic rings. The average Bonchev–Trinajstić information content (AvgIpc) is 2.99. The molecule has 2 aliphatic carbocycles. The highest BCUT2D eigenvalue weighted by Gasteiger charge is 2.41. The molecular weight excluding hydrogens is 574 g/mol. The van der Waals surface area contributed by atoms with E-state index in [-0.39, 0.29) is 48.1 Å². The number of aliphatic hydroxyl groups excluding tert-OH is 2. The number of amides is 4. The molecule has 0 aromatic rings. The third kappa shape index (κ3) is 12.8. The highest BCUT2D eigenvalue weighted by atomic mass is 16.3. The van der Waals surface area contributed by atoms with Crippen molar-refractivity contribution in [3.8, 4) is 0 Å². The number of carbonyl (C=O) groups is 4. The summed E-state index contributed by atoms with van der Waals surface area (Å²) in [4.78, 5) is 56.7. The standard InChI is InChI=1S/C34H63N5O6/c1-8-15-38(16-9-2)34(45)27-20-25(19-26(21-27)33(44)37(6)7)32(43)35-29(18-24-11-13-28(40)14-12-24)30(41)22-39(10-3)36-31(42)17-23(4)5/h23-30,40-41H,8-22H2,1-7H3,(H,35,43)(H,36,42). The van der Waals surface area contributed by atoms with Crippen LogP contribution in [0.4, 0.5) is 0 Å². The van der Waals surface area contributed by atoms with E-state index in [0.717, 1.165) is 25.7 Å². The van der Waals surface area contributed by atoms with Gasteiger partial charge in [0.15, 0.2) is 0 Å². The van der Waals surface area contributed by atoms with Crippen LogP contribution in [0.15, 0.2) is 0 Å². The van der Waals surface area contributed by atoms with E-state index in [0.29, 0.717) is 64.6 Å². The Morgan fingerprint density at radius 3 is 1.91 bits per heavy atom. The van der Waals surface area contributed by atoms with Crippen molar-refractivity contribution in [2.45, 2.75) is 123 Å². The summed E-state index contributed by atoms with van der Waals surface area (Å²) in [5, 5.41) is 26.4. The predicted octanol–water partition coefficient (Wildman–Crippen LogP) is 2.94. The van der Waals surface area contributed by atoms with Crippen molar-refractivity contribution in [1.82, 2.24) is 25.6 Å². The smallest absolute Gasteiger partial charge is 0.234 e. The zero-order chi connectivity index (χ0) is 33.7. The van der Waals surface area contributed by atoms with Crippen LogP contribution in [0.3, 0.4) is 0 Å². The normalized spacial score (nSPS) is 25.0. The zero-order valence-corrected chi connectivity index (χ0v) is 29.1. The van der Waals surface area contributed by atoms with Crippen molar-refractivity contribution in [1.29, 1.82) is 0 Å². The van der Waals surface area contributed by atoms with Crippen molar-refractivity contribution in [2.24, 2.45) is 29.6 Å². The third-order valence-electron chi connectivity index (χ3n) is 9.38. The van der Waals surface area contributed by atoms with E-state index < -0.39 is 29.9 Å². The summed E-state index contributed by atoms with van der Waals surface area (Å²) >= 11 is 0. The van der Waals surface area contributed by atoms with Crippen LogP contribution in [0.2, 0.25) is 0 Å². The summed E-state index contributed by atoms with van der Waals surface area (Å²) in [6, 6.07) is -0.579. The molecule has 0 aliphatic heterocycles. The van der Waals surface area contributed by atoms with Gasteiger partial charge in [0.25, 0.3) is 0 Å². The van der Waals surface area contributed by atoms with E-state index in [1.54, 1.807) is 24.0 Å². The van der Waals surface area contributed by atoms with Crippen LogP contribution in [-0.2, 0) is 19.2 Å². The monoisotopic (exact) mass is 637 g/mol. The van der Waals surface area contributed by atoms with Crippen LogP contribution < -0.4 is 10.7 Å². The van der Waals surface area contributed by atoms with Gasteiger partial charge in [-0.15, -0.1) is 0 Å². The number of carbonyl (C=O) groups excluding carboxylic acids is 4. The molecule has 0 saturated heterocycles. The van der Waals surface area contributed by atoms with E-state index in [4.69, 9.17) is 0 Å². The van der Waals surface area contributed by atoms with Gasteiger partial charge in [-0.1, -0.05) is 34.6 Å². The summed E-state index contributed by atoms with van der Waals surface area (Å²) in [7, 11) is 3.41. The van der Waals surface area contributed by atoms with Crippen molar-refractivity contribution in [3.63, 3.8) is 0 Å². The van der Waals surface area contributed by atoms with E-state index in [1.807, 2.05) is 39.5 Å². The second-order valence-corrected chi connectivity index (χ2v) is 14.1. The topological polar surface area (TPSA) is 143 Å². The van der Waals surface area contributed by atoms with Gasteiger partial charge in [0, 0.05) is 64.4 Å². The van der Waals surface area contributed by atoms with Gasteiger partial charge in [0.1, 0.15) is 0 Å². The van der Waals surface area contributed by atoms with Crippen LogP contribution in [0.5, 0.6) is 0 Å². The number of likely N-dealkylation sites (N-methyl/N-ethyl adjacent to an activating group) is 1. The Kier molecular flexibility index (Phi) is 16.8. The SMILES string of the molecule is CCCN(CCC)C(=O)C1CC(C(=O)NC(CC2CCC(O)CC2)C(O)CN(CC)NC(=O)CC(C)C)CC(C(=O)N(C)C)C1. The Morgan fingerprint density at radius 2 is 1.40 bits per heavy atom. The second kappa shape index (κ2) is 19.4. The molecule has 2 saturated carbocycles. The Hall–Kier alpha value is -2.24. The Balaban J connectivity index is 2.26. The molecule has 0 aromatic carbocycles. The number of nitrogens with zero attached hydrogens (tertiary/aromatic N) is 3. The number of rotatable bonds is 17. The Bertz CT molecular complexity index is 932. The lowest BCUT2D eigenvalue weighted by atomic mass is 9.73. The van der Waals surface area contributed by atoms with Crippen LogP contribution in [0, 0.1) is 29.6 Å². The largest absolute Gasteiger partial charge is 0.393 e. The van der Waals surface area contributed by atoms with E-state index in [9.17, 15) is 29.4 Å². The fourth-order valence-electron chi connectivity index (χ4n) is 6.98. The molecule has 0 radical (unpaired) electrons. The molecule has 45 heavy (non-hydrogen) atoms. The van der Waals surface area contributed by atoms with E-state index in [1.165, 1.54) is 0 Å². The van der Waals surface area contributed by atoms with E-state index in [2.05, 4.69) is 10.7 Å². The fraction of sp³-hybridized carbons (Fsp3) is 0.882. The molecule has 11 heteroatoms. The number of hydrogen-bond donors (Lipinski definition) is 4.